The normalized spacial score (nSPS) is 12.3. The Kier molecular flexibility index (Phi) is 114. The second-order valence-corrected chi connectivity index (χ2v) is 30.9. The van der Waals surface area contributed by atoms with Crippen molar-refractivity contribution in [2.45, 2.75) is 24.1 Å². The molecular formula is C94H174O42S2. The van der Waals surface area contributed by atoms with Crippen LogP contribution >= 0.6 is 21.6 Å². The molecular weight excluding hydrogens is 1870 g/mol. The van der Waals surface area contributed by atoms with Crippen LogP contribution in [0.25, 0.3) is 0 Å². The van der Waals surface area contributed by atoms with Gasteiger partial charge >= 0.3 is 0 Å². The molecule has 0 aliphatic rings. The maximum absolute atomic E-state index is 10.1. The molecule has 0 aromatic heterocycles. The minimum Gasteiger partial charge on any atom is -0.394 e. The highest BCUT2D eigenvalue weighted by Gasteiger charge is 2.18. The number of rotatable bonds is 125. The lowest BCUT2D eigenvalue weighted by Crippen LogP contribution is -2.21. The summed E-state index contributed by atoms with van der Waals surface area (Å²) in [5.41, 5.74) is 1.36. The second-order valence-electron chi connectivity index (χ2n) is 28.3. The zero-order valence-electron chi connectivity index (χ0n) is 82.5. The maximum Gasteiger partial charge on any atom is 0.136 e. The van der Waals surface area contributed by atoms with E-state index in [1.807, 2.05) is 60.7 Å². The smallest absolute Gasteiger partial charge is 0.136 e. The predicted octanol–water partition coefficient (Wildman–Crippen LogP) is 4.07. The summed E-state index contributed by atoms with van der Waals surface area (Å²) in [5, 5.41) is 18.7. The van der Waals surface area contributed by atoms with Gasteiger partial charge in [-0.1, -0.05) is 82.3 Å². The van der Waals surface area contributed by atoms with Crippen LogP contribution in [0.2, 0.25) is 0 Å². The summed E-state index contributed by atoms with van der Waals surface area (Å²) >= 11 is 0. The standard InChI is InChI=1S/C94H174O42S2/c95-11-12-97-13-14-98-15-16-99-17-18-100-19-20-101-21-22-102-23-24-103-25-26-104-27-28-105-29-30-107-35-37-110-41-43-113-47-49-116-53-55-119-59-61-122-65-67-125-71-73-128-77-79-131-83-85-135-93(87-96)137-138-94(90-134-89-92-9-5-2-6-10-92)136-86-84-132-80-78-129-74-72-126-68-66-123-62-60-120-56-54-117-50-48-114-44-42-111-38-36-108-32-31-106-33-34-109-39-40-112-45-46-115-51-52-118-57-58-121-63-64-124-69-70-127-75-76-130-81-82-133-88-91-7-3-1-4-8-91/h1-10,93-96H,11-90H2. The average Bonchev–Trinajstić information content (AvgIpc) is 0.936. The molecule has 0 amide bonds. The molecule has 138 heavy (non-hydrogen) atoms. The molecule has 42 nitrogen and oxygen atoms in total. The van der Waals surface area contributed by atoms with Crippen LogP contribution in [0.3, 0.4) is 0 Å². The van der Waals surface area contributed by atoms with E-state index >= 15 is 0 Å². The molecule has 2 atom stereocenters. The van der Waals surface area contributed by atoms with Crippen molar-refractivity contribution in [3.8, 4) is 0 Å². The van der Waals surface area contributed by atoms with E-state index in [0.717, 1.165) is 11.1 Å². The molecule has 814 valence electrons. The van der Waals surface area contributed by atoms with Gasteiger partial charge in [0.05, 0.1) is 529 Å². The Morgan fingerprint density at radius 1 is 0.145 bits per heavy atom. The third-order valence-corrected chi connectivity index (χ3v) is 19.9. The van der Waals surface area contributed by atoms with Gasteiger partial charge in [-0.2, -0.15) is 0 Å². The van der Waals surface area contributed by atoms with Crippen molar-refractivity contribution in [3.63, 3.8) is 0 Å². The van der Waals surface area contributed by atoms with Crippen molar-refractivity contribution in [3.05, 3.63) is 71.8 Å². The number of aliphatic hydroxyl groups excluding tert-OH is 2. The molecule has 0 bridgehead atoms. The zero-order valence-corrected chi connectivity index (χ0v) is 84.2. The third-order valence-electron chi connectivity index (χ3n) is 17.2. The highest BCUT2D eigenvalue weighted by atomic mass is 33.1. The van der Waals surface area contributed by atoms with Gasteiger partial charge in [0.15, 0.2) is 0 Å². The van der Waals surface area contributed by atoms with Gasteiger partial charge < -0.3 is 200 Å². The summed E-state index contributed by atoms with van der Waals surface area (Å²) in [6.07, 6.45) is 0. The Morgan fingerprint density at radius 2 is 0.275 bits per heavy atom. The first kappa shape index (κ1) is 132. The third kappa shape index (κ3) is 109. The highest BCUT2D eigenvalue weighted by Crippen LogP contribution is 2.33. The summed E-state index contributed by atoms with van der Waals surface area (Å²) in [4.78, 5) is 0. The second kappa shape index (κ2) is 120. The fraction of sp³-hybridized carbons (Fsp3) is 0.872. The van der Waals surface area contributed by atoms with Crippen LogP contribution in [0.5, 0.6) is 0 Å². The van der Waals surface area contributed by atoms with Gasteiger partial charge in [-0.25, -0.2) is 0 Å². The maximum atomic E-state index is 10.1. The molecule has 0 fully saturated rings. The van der Waals surface area contributed by atoms with E-state index in [9.17, 15) is 5.11 Å². The lowest BCUT2D eigenvalue weighted by atomic mass is 10.2. The SMILES string of the molecule is OCCOCCOCCOCCOCCOCCOCCOCCOCCOCCOCCOCCOCCOCCOCCOCCOCCOCCOCCOC(CO)SSC(COCc1ccccc1)OCCOCCOCCOCCOCCOCCOCCOCCOCCOCCOCCOCCOCCOCCOCCOCCOCCOCCOCCOCc1ccccc1. The molecule has 2 aromatic rings. The van der Waals surface area contributed by atoms with E-state index in [1.54, 1.807) is 0 Å². The van der Waals surface area contributed by atoms with Crippen molar-refractivity contribution in [1.29, 1.82) is 0 Å². The van der Waals surface area contributed by atoms with Gasteiger partial charge in [-0.3, -0.25) is 0 Å². The van der Waals surface area contributed by atoms with Gasteiger partial charge in [-0.15, -0.1) is 0 Å². The van der Waals surface area contributed by atoms with Crippen LogP contribution in [0.1, 0.15) is 11.1 Å². The number of aliphatic hydroxyl groups is 2. The van der Waals surface area contributed by atoms with Crippen LogP contribution < -0.4 is 0 Å². The van der Waals surface area contributed by atoms with Crippen LogP contribution in [-0.4, -0.2) is 536 Å². The first-order valence-corrected chi connectivity index (χ1v) is 50.9. The summed E-state index contributed by atoms with van der Waals surface area (Å²) in [7, 11) is 2.81. The lowest BCUT2D eigenvalue weighted by Gasteiger charge is -2.20. The fourth-order valence-electron chi connectivity index (χ4n) is 10.3. The van der Waals surface area contributed by atoms with E-state index in [2.05, 4.69) is 0 Å². The summed E-state index contributed by atoms with van der Waals surface area (Å²) in [6.45, 7) is 35.8. The van der Waals surface area contributed by atoms with Crippen LogP contribution in [0.15, 0.2) is 60.7 Å². The summed E-state index contributed by atoms with van der Waals surface area (Å²) < 4.78 is 223. The molecule has 0 heterocycles. The molecule has 2 unspecified atom stereocenters. The monoisotopic (exact) mass is 2040 g/mol. The van der Waals surface area contributed by atoms with Gasteiger partial charge in [-0.05, 0) is 11.1 Å². The molecule has 2 N–H and O–H groups in total. The predicted molar refractivity (Wildman–Crippen MR) is 511 cm³/mol. The molecule has 0 aliphatic heterocycles. The number of ether oxygens (including phenoxy) is 40. The Bertz CT molecular complexity index is 2520. The minimum atomic E-state index is -0.499. The Morgan fingerprint density at radius 3 is 0.435 bits per heavy atom. The van der Waals surface area contributed by atoms with Gasteiger partial charge in [0.1, 0.15) is 10.9 Å². The number of hydrogen-bond donors (Lipinski definition) is 2. The molecule has 44 heteroatoms. The van der Waals surface area contributed by atoms with Crippen molar-refractivity contribution in [2.24, 2.45) is 0 Å². The molecule has 0 saturated heterocycles. The van der Waals surface area contributed by atoms with E-state index in [4.69, 9.17) is 195 Å². The quantitative estimate of drug-likeness (QED) is 0.0535. The number of hydrogen-bond acceptors (Lipinski definition) is 44. The first-order chi connectivity index (χ1) is 68.8. The lowest BCUT2D eigenvalue weighted by molar-refractivity contribution is -0.0321. The molecule has 0 aliphatic carbocycles. The highest BCUT2D eigenvalue weighted by molar-refractivity contribution is 8.77. The van der Waals surface area contributed by atoms with Gasteiger partial charge in [0, 0.05) is 0 Å². The van der Waals surface area contributed by atoms with Crippen molar-refractivity contribution in [1.82, 2.24) is 0 Å². The minimum absolute atomic E-state index is 0.0127. The van der Waals surface area contributed by atoms with Crippen LogP contribution in [0.4, 0.5) is 0 Å². The first-order valence-electron chi connectivity index (χ1n) is 48.6. The molecule has 0 spiro atoms. The van der Waals surface area contributed by atoms with Gasteiger partial charge in [0.2, 0.25) is 0 Å². The topological polar surface area (TPSA) is 410 Å². The molecule has 2 rings (SSSR count). The number of benzene rings is 2. The van der Waals surface area contributed by atoms with E-state index in [-0.39, 0.29) is 18.6 Å². The van der Waals surface area contributed by atoms with E-state index in [0.29, 0.717) is 515 Å². The Balaban J connectivity index is 1.21. The Labute approximate surface area is 828 Å². The van der Waals surface area contributed by atoms with Crippen LogP contribution in [0, 0.1) is 0 Å². The largest absolute Gasteiger partial charge is 0.394 e. The van der Waals surface area contributed by atoms with Crippen molar-refractivity contribution >= 4 is 21.6 Å². The fourth-order valence-corrected chi connectivity index (χ4v) is 12.5. The summed E-state index contributed by atoms with van der Waals surface area (Å²) in [5.74, 6) is 0. The Hall–Kier alpha value is -2.54. The average molecular weight is 2040 g/mol. The van der Waals surface area contributed by atoms with E-state index in [1.165, 1.54) is 21.6 Å². The summed E-state index contributed by atoms with van der Waals surface area (Å²) in [6, 6.07) is 20.0. The molecule has 0 saturated carbocycles. The van der Waals surface area contributed by atoms with Crippen LogP contribution in [-0.2, 0) is 203 Å². The molecule has 0 radical (unpaired) electrons. The van der Waals surface area contributed by atoms with E-state index < -0.39 is 5.44 Å². The van der Waals surface area contributed by atoms with Gasteiger partial charge in [0.25, 0.3) is 0 Å². The zero-order chi connectivity index (χ0) is 97.6. The van der Waals surface area contributed by atoms with Crippen molar-refractivity contribution < 1.29 is 200 Å². The molecule has 2 aromatic carbocycles. The van der Waals surface area contributed by atoms with Crippen molar-refractivity contribution in [2.75, 3.05) is 515 Å².